The highest BCUT2D eigenvalue weighted by Crippen LogP contribution is 2.25. The number of amides is 1. The van der Waals surface area contributed by atoms with Crippen LogP contribution in [0.3, 0.4) is 0 Å². The highest BCUT2D eigenvalue weighted by atomic mass is 79.9. The number of benzene rings is 2. The van der Waals surface area contributed by atoms with Gasteiger partial charge in [-0.15, -0.1) is 0 Å². The lowest BCUT2D eigenvalue weighted by Gasteiger charge is -2.11. The van der Waals surface area contributed by atoms with Crippen LogP contribution in [-0.2, 0) is 11.2 Å². The number of halogens is 1. The third kappa shape index (κ3) is 4.40. The first-order chi connectivity index (χ1) is 12.0. The summed E-state index contributed by atoms with van der Waals surface area (Å²) >= 11 is 3.43. The molecule has 1 N–H and O–H groups in total. The maximum atomic E-state index is 12.2. The molecule has 0 saturated carbocycles. The van der Waals surface area contributed by atoms with Gasteiger partial charge >= 0.3 is 0 Å². The van der Waals surface area contributed by atoms with Crippen LogP contribution >= 0.6 is 15.9 Å². The van der Waals surface area contributed by atoms with Crippen molar-refractivity contribution in [3.05, 3.63) is 76.0 Å². The molecule has 1 heterocycles. The van der Waals surface area contributed by atoms with E-state index in [1.807, 2.05) is 68.4 Å². The van der Waals surface area contributed by atoms with Crippen molar-refractivity contribution in [2.75, 3.05) is 5.32 Å². The van der Waals surface area contributed by atoms with Gasteiger partial charge in [-0.1, -0.05) is 46.3 Å². The highest BCUT2D eigenvalue weighted by molar-refractivity contribution is 9.10. The van der Waals surface area contributed by atoms with Gasteiger partial charge in [0.15, 0.2) is 0 Å². The number of hydrogen-bond acceptors (Lipinski definition) is 2. The molecule has 0 atom stereocenters. The normalized spacial score (nSPS) is 10.7. The van der Waals surface area contributed by atoms with Crippen molar-refractivity contribution in [2.45, 2.75) is 26.7 Å². The van der Waals surface area contributed by atoms with Gasteiger partial charge in [0.25, 0.3) is 0 Å². The van der Waals surface area contributed by atoms with E-state index in [1.165, 1.54) is 0 Å². The van der Waals surface area contributed by atoms with Crippen LogP contribution in [0.4, 0.5) is 5.69 Å². The van der Waals surface area contributed by atoms with E-state index in [2.05, 4.69) is 21.2 Å². The van der Waals surface area contributed by atoms with Crippen LogP contribution in [-0.4, -0.2) is 5.91 Å². The summed E-state index contributed by atoms with van der Waals surface area (Å²) in [6, 6.07) is 17.8. The first-order valence-corrected chi connectivity index (χ1v) is 9.03. The fourth-order valence-corrected chi connectivity index (χ4v) is 3.00. The summed E-state index contributed by atoms with van der Waals surface area (Å²) in [6.07, 6.45) is 0.967. The van der Waals surface area contributed by atoms with Crippen LogP contribution in [0.25, 0.3) is 11.3 Å². The van der Waals surface area contributed by atoms with Gasteiger partial charge in [0.1, 0.15) is 11.5 Å². The molecular formula is C21H20BrNO2. The molecule has 1 aromatic heterocycles. The Kier molecular flexibility index (Phi) is 5.39. The summed E-state index contributed by atoms with van der Waals surface area (Å²) in [5, 5.41) is 3.01. The number of para-hydroxylation sites is 1. The SMILES string of the molecule is Cc1cccc(C)c1NC(=O)CCc1ccc(-c2ccc(Br)cc2)o1. The summed E-state index contributed by atoms with van der Waals surface area (Å²) in [5.74, 6) is 1.63. The smallest absolute Gasteiger partial charge is 0.224 e. The second-order valence-electron chi connectivity index (χ2n) is 6.09. The standard InChI is InChI=1S/C21H20BrNO2/c1-14-4-3-5-15(2)21(14)23-20(24)13-11-18-10-12-19(25-18)16-6-8-17(22)9-7-16/h3-10,12H,11,13H2,1-2H3,(H,23,24). The number of hydrogen-bond donors (Lipinski definition) is 1. The minimum atomic E-state index is -0.000934. The molecule has 0 radical (unpaired) electrons. The van der Waals surface area contributed by atoms with Gasteiger partial charge < -0.3 is 9.73 Å². The Labute approximate surface area is 156 Å². The van der Waals surface area contributed by atoms with E-state index in [0.29, 0.717) is 12.8 Å². The minimum Gasteiger partial charge on any atom is -0.461 e. The first kappa shape index (κ1) is 17.5. The van der Waals surface area contributed by atoms with E-state index < -0.39 is 0 Å². The molecule has 0 aliphatic rings. The summed E-state index contributed by atoms with van der Waals surface area (Å²) in [4.78, 5) is 12.2. The Morgan fingerprint density at radius 3 is 2.36 bits per heavy atom. The predicted molar refractivity (Wildman–Crippen MR) is 105 cm³/mol. The molecule has 0 bridgehead atoms. The molecule has 25 heavy (non-hydrogen) atoms. The van der Waals surface area contributed by atoms with Crippen molar-refractivity contribution in [1.82, 2.24) is 0 Å². The minimum absolute atomic E-state index is 0.000934. The number of carbonyl (C=O) groups excluding carboxylic acids is 1. The van der Waals surface area contributed by atoms with Crippen molar-refractivity contribution in [3.63, 3.8) is 0 Å². The molecular weight excluding hydrogens is 378 g/mol. The van der Waals surface area contributed by atoms with Gasteiger partial charge in [-0.25, -0.2) is 0 Å². The van der Waals surface area contributed by atoms with Crippen molar-refractivity contribution < 1.29 is 9.21 Å². The lowest BCUT2D eigenvalue weighted by molar-refractivity contribution is -0.116. The molecule has 0 saturated heterocycles. The summed E-state index contributed by atoms with van der Waals surface area (Å²) in [6.45, 7) is 4.00. The Bertz CT molecular complexity index is 861. The Balaban J connectivity index is 1.60. The fraction of sp³-hybridized carbons (Fsp3) is 0.190. The predicted octanol–water partition coefficient (Wildman–Crippen LogP) is 5.90. The van der Waals surface area contributed by atoms with Crippen LogP contribution in [0, 0.1) is 13.8 Å². The molecule has 4 heteroatoms. The number of nitrogens with one attached hydrogen (secondary N) is 1. The number of anilines is 1. The zero-order chi connectivity index (χ0) is 17.8. The highest BCUT2D eigenvalue weighted by Gasteiger charge is 2.10. The van der Waals surface area contributed by atoms with Crippen molar-refractivity contribution >= 4 is 27.5 Å². The Morgan fingerprint density at radius 2 is 1.68 bits per heavy atom. The molecule has 1 amide bonds. The number of furan rings is 1. The fourth-order valence-electron chi connectivity index (χ4n) is 2.73. The largest absolute Gasteiger partial charge is 0.461 e. The Hall–Kier alpha value is -2.33. The van der Waals surface area contributed by atoms with Gasteiger partial charge in [-0.3, -0.25) is 4.79 Å². The van der Waals surface area contributed by atoms with Crippen molar-refractivity contribution in [3.8, 4) is 11.3 Å². The second kappa shape index (κ2) is 7.70. The average Bonchev–Trinajstić information content (AvgIpc) is 3.06. The number of rotatable bonds is 5. The zero-order valence-corrected chi connectivity index (χ0v) is 15.9. The van der Waals surface area contributed by atoms with Gasteiger partial charge in [-0.05, 0) is 49.2 Å². The van der Waals surface area contributed by atoms with Crippen LogP contribution < -0.4 is 5.32 Å². The summed E-state index contributed by atoms with van der Waals surface area (Å²) < 4.78 is 6.90. The quantitative estimate of drug-likeness (QED) is 0.582. The second-order valence-corrected chi connectivity index (χ2v) is 7.00. The van der Waals surface area contributed by atoms with Gasteiger partial charge in [0, 0.05) is 28.6 Å². The molecule has 0 aliphatic heterocycles. The van der Waals surface area contributed by atoms with Gasteiger partial charge in [-0.2, -0.15) is 0 Å². The van der Waals surface area contributed by atoms with Gasteiger partial charge in [0.2, 0.25) is 5.91 Å². The molecule has 3 rings (SSSR count). The van der Waals surface area contributed by atoms with Crippen LogP contribution in [0.2, 0.25) is 0 Å². The molecule has 3 aromatic rings. The van der Waals surface area contributed by atoms with E-state index in [-0.39, 0.29) is 5.91 Å². The molecule has 128 valence electrons. The molecule has 0 unspecified atom stereocenters. The molecule has 0 fully saturated rings. The lowest BCUT2D eigenvalue weighted by Crippen LogP contribution is -2.14. The van der Waals surface area contributed by atoms with E-state index in [0.717, 1.165) is 38.4 Å². The third-order valence-corrected chi connectivity index (χ3v) is 4.66. The molecule has 0 spiro atoms. The van der Waals surface area contributed by atoms with Crippen molar-refractivity contribution in [2.24, 2.45) is 0 Å². The summed E-state index contributed by atoms with van der Waals surface area (Å²) in [7, 11) is 0. The van der Waals surface area contributed by atoms with Crippen molar-refractivity contribution in [1.29, 1.82) is 0 Å². The monoisotopic (exact) mass is 397 g/mol. The maximum absolute atomic E-state index is 12.2. The maximum Gasteiger partial charge on any atom is 0.224 e. The molecule has 2 aromatic carbocycles. The molecule has 3 nitrogen and oxygen atoms in total. The van der Waals surface area contributed by atoms with Crippen LogP contribution in [0.1, 0.15) is 23.3 Å². The Morgan fingerprint density at radius 1 is 1.00 bits per heavy atom. The third-order valence-electron chi connectivity index (χ3n) is 4.13. The first-order valence-electron chi connectivity index (χ1n) is 8.23. The average molecular weight is 398 g/mol. The lowest BCUT2D eigenvalue weighted by atomic mass is 10.1. The molecule has 0 aliphatic carbocycles. The van der Waals surface area contributed by atoms with Crippen LogP contribution in [0.5, 0.6) is 0 Å². The zero-order valence-electron chi connectivity index (χ0n) is 14.3. The number of carbonyl (C=O) groups is 1. The van der Waals surface area contributed by atoms with E-state index in [9.17, 15) is 4.79 Å². The van der Waals surface area contributed by atoms with E-state index in [4.69, 9.17) is 4.42 Å². The van der Waals surface area contributed by atoms with E-state index >= 15 is 0 Å². The van der Waals surface area contributed by atoms with Gasteiger partial charge in [0.05, 0.1) is 0 Å². The van der Waals surface area contributed by atoms with Crippen LogP contribution in [0.15, 0.2) is 63.5 Å². The number of aryl methyl sites for hydroxylation is 3. The van der Waals surface area contributed by atoms with E-state index in [1.54, 1.807) is 0 Å². The summed E-state index contributed by atoms with van der Waals surface area (Å²) in [5.41, 5.74) is 4.07. The topological polar surface area (TPSA) is 42.2 Å².